The molecule has 1 radical (unpaired) electrons. The molecule has 2 aromatic carbocycles. The molecular weight excluding hydrogens is 551 g/mol. The Morgan fingerprint density at radius 2 is 1.87 bits per heavy atom. The van der Waals surface area contributed by atoms with E-state index >= 15 is 0 Å². The number of Topliss-reactive ketones (excluding diaryl/α,β-unsaturated/α-hetero) is 1. The number of hydrogen-bond donors (Lipinski definition) is 1. The van der Waals surface area contributed by atoms with Crippen LogP contribution in [-0.4, -0.2) is 15.9 Å². The fraction of sp³-hybridized carbons (Fsp3) is 0.308. The van der Waals surface area contributed by atoms with E-state index in [-0.39, 0.29) is 25.9 Å². The minimum absolute atomic E-state index is 0. The molecule has 1 aromatic heterocycles. The first kappa shape index (κ1) is 22.4. The van der Waals surface area contributed by atoms with Crippen molar-refractivity contribution in [3.05, 3.63) is 77.7 Å². The number of allylic oxidation sites excluding steroid dienone is 2. The summed E-state index contributed by atoms with van der Waals surface area (Å²) in [6, 6.07) is 19.7. The SMILES string of the molecule is Cc1ccc2ccnc(-c3[c-]cccc3)c2c1.O=C1CCCC2CCCC(O)=C12.[Ir]. The number of ketones is 1. The normalized spacial score (nSPS) is 18.2. The first-order valence-electron chi connectivity index (χ1n) is 10.4. The Morgan fingerprint density at radius 3 is 2.60 bits per heavy atom. The minimum atomic E-state index is 0. The molecule has 1 unspecified atom stereocenters. The molecule has 3 nitrogen and oxygen atoms in total. The molecule has 3 aromatic rings. The molecule has 1 N–H and O–H groups in total. The van der Waals surface area contributed by atoms with Crippen LogP contribution in [0.2, 0.25) is 0 Å². The molecule has 5 rings (SSSR count). The third-order valence-corrected chi connectivity index (χ3v) is 5.83. The zero-order chi connectivity index (χ0) is 20.2. The van der Waals surface area contributed by atoms with Crippen LogP contribution in [0, 0.1) is 18.9 Å². The number of hydrogen-bond acceptors (Lipinski definition) is 3. The van der Waals surface area contributed by atoms with Gasteiger partial charge in [0, 0.05) is 44.7 Å². The largest absolute Gasteiger partial charge is 0.512 e. The average Bonchev–Trinajstić information content (AvgIpc) is 2.74. The zero-order valence-corrected chi connectivity index (χ0v) is 19.5. The summed E-state index contributed by atoms with van der Waals surface area (Å²) >= 11 is 0. The van der Waals surface area contributed by atoms with E-state index in [1.807, 2.05) is 36.5 Å². The number of nitrogens with zero attached hydrogens (tertiary/aromatic N) is 1. The van der Waals surface area contributed by atoms with Crippen molar-refractivity contribution in [3.8, 4) is 11.3 Å². The number of carbonyl (C=O) groups is 1. The van der Waals surface area contributed by atoms with Gasteiger partial charge in [-0.3, -0.25) is 4.79 Å². The van der Waals surface area contributed by atoms with E-state index in [2.05, 4.69) is 36.2 Å². The number of aromatic nitrogens is 1. The van der Waals surface area contributed by atoms with Gasteiger partial charge >= 0.3 is 0 Å². The monoisotopic (exact) mass is 577 g/mol. The van der Waals surface area contributed by atoms with E-state index in [9.17, 15) is 9.90 Å². The van der Waals surface area contributed by atoms with Crippen LogP contribution in [0.5, 0.6) is 0 Å². The summed E-state index contributed by atoms with van der Waals surface area (Å²) in [5.41, 5.74) is 4.07. The topological polar surface area (TPSA) is 50.2 Å². The van der Waals surface area contributed by atoms with Gasteiger partial charge in [0.05, 0.1) is 5.76 Å². The number of pyridine rings is 1. The maximum absolute atomic E-state index is 11.4. The maximum Gasteiger partial charge on any atom is 0.162 e. The molecule has 2 aliphatic carbocycles. The Labute approximate surface area is 191 Å². The number of fused-ring (bicyclic) bond motifs is 2. The number of aliphatic hydroxyl groups is 1. The van der Waals surface area contributed by atoms with Gasteiger partial charge in [-0.15, -0.1) is 35.9 Å². The van der Waals surface area contributed by atoms with Gasteiger partial charge in [-0.1, -0.05) is 23.8 Å². The summed E-state index contributed by atoms with van der Waals surface area (Å²) in [4.78, 5) is 15.9. The maximum atomic E-state index is 11.4. The van der Waals surface area contributed by atoms with Crippen LogP contribution in [0.4, 0.5) is 0 Å². The second-order valence-electron chi connectivity index (χ2n) is 7.93. The molecule has 1 atom stereocenters. The van der Waals surface area contributed by atoms with Crippen molar-refractivity contribution >= 4 is 16.6 Å². The number of carbonyl (C=O) groups excluding carboxylic acids is 1. The number of aryl methyl sites for hydroxylation is 1. The van der Waals surface area contributed by atoms with Crippen LogP contribution >= 0.6 is 0 Å². The van der Waals surface area contributed by atoms with Gasteiger partial charge in [-0.05, 0) is 61.1 Å². The molecule has 0 bridgehead atoms. The van der Waals surface area contributed by atoms with Gasteiger partial charge in [0.15, 0.2) is 5.78 Å². The van der Waals surface area contributed by atoms with E-state index in [0.717, 1.165) is 48.9 Å². The molecule has 4 heteroatoms. The van der Waals surface area contributed by atoms with E-state index in [1.165, 1.54) is 16.3 Å². The smallest absolute Gasteiger partial charge is 0.162 e. The summed E-state index contributed by atoms with van der Waals surface area (Å²) in [5.74, 6) is 0.972. The van der Waals surface area contributed by atoms with Gasteiger partial charge in [0.2, 0.25) is 0 Å². The van der Waals surface area contributed by atoms with Crippen molar-refractivity contribution in [2.45, 2.75) is 45.4 Å². The summed E-state index contributed by atoms with van der Waals surface area (Å²) in [6.07, 6.45) is 7.49. The Bertz CT molecular complexity index is 1060. The third-order valence-electron chi connectivity index (χ3n) is 5.83. The van der Waals surface area contributed by atoms with Crippen LogP contribution in [-0.2, 0) is 24.9 Å². The van der Waals surface area contributed by atoms with Crippen LogP contribution in [0.3, 0.4) is 0 Å². The van der Waals surface area contributed by atoms with Gasteiger partial charge < -0.3 is 10.1 Å². The van der Waals surface area contributed by atoms with Crippen LogP contribution in [0.1, 0.15) is 44.1 Å². The van der Waals surface area contributed by atoms with Crippen LogP contribution < -0.4 is 0 Å². The Kier molecular flexibility index (Phi) is 7.58. The zero-order valence-electron chi connectivity index (χ0n) is 17.2. The number of aliphatic hydroxyl groups excluding tert-OH is 1. The Morgan fingerprint density at radius 1 is 1.07 bits per heavy atom. The van der Waals surface area contributed by atoms with Crippen molar-refractivity contribution in [2.75, 3.05) is 0 Å². The first-order valence-corrected chi connectivity index (χ1v) is 10.4. The Balaban J connectivity index is 0.000000175. The van der Waals surface area contributed by atoms with Crippen molar-refractivity contribution in [1.29, 1.82) is 0 Å². The fourth-order valence-corrected chi connectivity index (χ4v) is 4.39. The predicted octanol–water partition coefficient (Wildman–Crippen LogP) is 6.36. The number of benzene rings is 2. The summed E-state index contributed by atoms with van der Waals surface area (Å²) < 4.78 is 0. The molecule has 2 aliphatic rings. The van der Waals surface area contributed by atoms with Gasteiger partial charge in [-0.25, -0.2) is 0 Å². The summed E-state index contributed by atoms with van der Waals surface area (Å²) in [6.45, 7) is 2.10. The molecule has 0 spiro atoms. The molecule has 0 aliphatic heterocycles. The quantitative estimate of drug-likeness (QED) is 0.343. The molecule has 1 fully saturated rings. The summed E-state index contributed by atoms with van der Waals surface area (Å²) in [7, 11) is 0. The molecule has 0 saturated heterocycles. The Hall–Kier alpha value is -2.29. The third kappa shape index (κ3) is 4.88. The molecule has 1 saturated carbocycles. The fourth-order valence-electron chi connectivity index (χ4n) is 4.39. The molecule has 30 heavy (non-hydrogen) atoms. The van der Waals surface area contributed by atoms with Gasteiger partial charge in [-0.2, -0.15) is 0 Å². The molecular formula is C26H26IrNO2-. The first-order chi connectivity index (χ1) is 14.1. The van der Waals surface area contributed by atoms with Crippen molar-refractivity contribution in [2.24, 2.45) is 5.92 Å². The van der Waals surface area contributed by atoms with Crippen LogP contribution in [0.15, 0.2) is 66.1 Å². The number of rotatable bonds is 1. The average molecular weight is 577 g/mol. The second kappa shape index (κ2) is 10.1. The van der Waals surface area contributed by atoms with E-state index < -0.39 is 0 Å². The minimum Gasteiger partial charge on any atom is -0.512 e. The predicted molar refractivity (Wildman–Crippen MR) is 117 cm³/mol. The molecule has 157 valence electrons. The van der Waals surface area contributed by atoms with Crippen LogP contribution in [0.25, 0.3) is 22.0 Å². The summed E-state index contributed by atoms with van der Waals surface area (Å²) in [5, 5.41) is 11.9. The van der Waals surface area contributed by atoms with Gasteiger partial charge in [0.25, 0.3) is 0 Å². The second-order valence-corrected chi connectivity index (χ2v) is 7.93. The van der Waals surface area contributed by atoms with Crippen molar-refractivity contribution in [3.63, 3.8) is 0 Å². The van der Waals surface area contributed by atoms with E-state index in [1.54, 1.807) is 0 Å². The van der Waals surface area contributed by atoms with E-state index in [4.69, 9.17) is 0 Å². The standard InChI is InChI=1S/C16H12N.C10H14O2.Ir/c1-12-7-8-13-9-10-17-16(15(13)11-12)14-5-3-2-4-6-14;11-8-5-1-3-7-4-2-6-9(12)10(7)8;/h2-5,7-11H,1H3;7,11H,1-6H2;/q-1;;. The van der Waals surface area contributed by atoms with E-state index in [0.29, 0.717) is 18.1 Å². The van der Waals surface area contributed by atoms with Crippen molar-refractivity contribution in [1.82, 2.24) is 4.98 Å². The van der Waals surface area contributed by atoms with Gasteiger partial charge in [0.1, 0.15) is 0 Å². The molecule has 1 heterocycles. The molecule has 0 amide bonds. The van der Waals surface area contributed by atoms with Crippen molar-refractivity contribution < 1.29 is 30.0 Å².